The standard InChI is InChI=1S/C15H26N2O2/c1-11(2)16-7-14-5-6-18-15(14)10-17-8-12(3)19-13(4)9-17/h5-6,11-13,16H,7-10H2,1-4H3/t12-,13+. The Morgan fingerprint density at radius 2 is 2.00 bits per heavy atom. The fraction of sp³-hybridized carbons (Fsp3) is 0.733. The summed E-state index contributed by atoms with van der Waals surface area (Å²) >= 11 is 0. The molecule has 0 radical (unpaired) electrons. The molecule has 0 aliphatic carbocycles. The van der Waals surface area contributed by atoms with Crippen molar-refractivity contribution in [2.24, 2.45) is 0 Å². The van der Waals surface area contributed by atoms with Crippen molar-refractivity contribution in [3.8, 4) is 0 Å². The van der Waals surface area contributed by atoms with Crippen molar-refractivity contribution >= 4 is 0 Å². The predicted octanol–water partition coefficient (Wildman–Crippen LogP) is 2.39. The zero-order valence-corrected chi connectivity index (χ0v) is 12.5. The number of hydrogen-bond donors (Lipinski definition) is 1. The van der Waals surface area contributed by atoms with E-state index in [0.717, 1.165) is 31.9 Å². The smallest absolute Gasteiger partial charge is 0.122 e. The van der Waals surface area contributed by atoms with E-state index < -0.39 is 0 Å². The summed E-state index contributed by atoms with van der Waals surface area (Å²) in [6.07, 6.45) is 2.40. The molecule has 1 aromatic rings. The molecule has 2 heterocycles. The Labute approximate surface area is 116 Å². The summed E-state index contributed by atoms with van der Waals surface area (Å²) in [5, 5.41) is 3.44. The molecule has 1 fully saturated rings. The van der Waals surface area contributed by atoms with Crippen LogP contribution in [0.15, 0.2) is 16.7 Å². The normalized spacial score (nSPS) is 25.1. The Hall–Kier alpha value is -0.840. The highest BCUT2D eigenvalue weighted by molar-refractivity contribution is 5.17. The molecule has 19 heavy (non-hydrogen) atoms. The van der Waals surface area contributed by atoms with Crippen LogP contribution < -0.4 is 5.32 Å². The molecule has 1 aromatic heterocycles. The second-order valence-corrected chi connectivity index (χ2v) is 5.86. The number of nitrogens with one attached hydrogen (secondary N) is 1. The van der Waals surface area contributed by atoms with E-state index in [0.29, 0.717) is 18.2 Å². The monoisotopic (exact) mass is 266 g/mol. The average molecular weight is 266 g/mol. The Bertz CT molecular complexity index is 379. The van der Waals surface area contributed by atoms with E-state index in [1.165, 1.54) is 5.56 Å². The van der Waals surface area contributed by atoms with E-state index in [1.807, 2.05) is 0 Å². The van der Waals surface area contributed by atoms with Crippen molar-refractivity contribution in [2.75, 3.05) is 13.1 Å². The van der Waals surface area contributed by atoms with Crippen LogP contribution in [0, 0.1) is 0 Å². The van der Waals surface area contributed by atoms with E-state index in [9.17, 15) is 0 Å². The molecular formula is C15H26N2O2. The number of morpholine rings is 1. The van der Waals surface area contributed by atoms with Gasteiger partial charge >= 0.3 is 0 Å². The first kappa shape index (κ1) is 14.6. The summed E-state index contributed by atoms with van der Waals surface area (Å²) in [5.41, 5.74) is 1.26. The SMILES string of the molecule is CC(C)NCc1ccoc1CN1C[C@@H](C)O[C@@H](C)C1. The molecule has 1 aliphatic heterocycles. The van der Waals surface area contributed by atoms with Gasteiger partial charge in [-0.15, -0.1) is 0 Å². The second kappa shape index (κ2) is 6.55. The predicted molar refractivity (Wildman–Crippen MR) is 76.0 cm³/mol. The van der Waals surface area contributed by atoms with Crippen molar-refractivity contribution in [3.05, 3.63) is 23.7 Å². The maximum Gasteiger partial charge on any atom is 0.122 e. The van der Waals surface area contributed by atoms with Crippen LogP contribution in [0.3, 0.4) is 0 Å². The van der Waals surface area contributed by atoms with Crippen LogP contribution >= 0.6 is 0 Å². The third-order valence-corrected chi connectivity index (χ3v) is 3.40. The molecule has 0 aromatic carbocycles. The van der Waals surface area contributed by atoms with Crippen molar-refractivity contribution in [1.29, 1.82) is 0 Å². The minimum absolute atomic E-state index is 0.302. The zero-order valence-electron chi connectivity index (χ0n) is 12.5. The fourth-order valence-electron chi connectivity index (χ4n) is 2.59. The van der Waals surface area contributed by atoms with Gasteiger partial charge in [0.1, 0.15) is 5.76 Å². The summed E-state index contributed by atoms with van der Waals surface area (Å²) in [4.78, 5) is 2.41. The molecule has 108 valence electrons. The van der Waals surface area contributed by atoms with Crippen molar-refractivity contribution in [3.63, 3.8) is 0 Å². The molecule has 0 spiro atoms. The molecule has 0 bridgehead atoms. The first-order chi connectivity index (χ1) is 9.04. The van der Waals surface area contributed by atoms with Crippen molar-refractivity contribution < 1.29 is 9.15 Å². The van der Waals surface area contributed by atoms with Gasteiger partial charge in [0.2, 0.25) is 0 Å². The van der Waals surface area contributed by atoms with Crippen molar-refractivity contribution in [1.82, 2.24) is 10.2 Å². The van der Waals surface area contributed by atoms with Crippen LogP contribution in [0.25, 0.3) is 0 Å². The average Bonchev–Trinajstić information content (AvgIpc) is 2.72. The lowest BCUT2D eigenvalue weighted by molar-refractivity contribution is -0.0719. The lowest BCUT2D eigenvalue weighted by atomic mass is 10.2. The molecule has 1 saturated heterocycles. The van der Waals surface area contributed by atoms with Gasteiger partial charge in [-0.3, -0.25) is 4.90 Å². The van der Waals surface area contributed by atoms with Gasteiger partial charge in [-0.25, -0.2) is 0 Å². The van der Waals surface area contributed by atoms with Gasteiger partial charge in [-0.1, -0.05) is 13.8 Å². The van der Waals surface area contributed by atoms with Gasteiger partial charge in [0.25, 0.3) is 0 Å². The fourth-order valence-corrected chi connectivity index (χ4v) is 2.59. The molecule has 1 aliphatic rings. The van der Waals surface area contributed by atoms with Crippen LogP contribution in [0.5, 0.6) is 0 Å². The lowest BCUT2D eigenvalue weighted by Gasteiger charge is -2.34. The second-order valence-electron chi connectivity index (χ2n) is 5.86. The minimum atomic E-state index is 0.302. The summed E-state index contributed by atoms with van der Waals surface area (Å²) < 4.78 is 11.4. The molecule has 2 rings (SSSR count). The lowest BCUT2D eigenvalue weighted by Crippen LogP contribution is -2.44. The Balaban J connectivity index is 1.93. The Morgan fingerprint density at radius 1 is 1.32 bits per heavy atom. The highest BCUT2D eigenvalue weighted by Gasteiger charge is 2.23. The number of nitrogens with zero attached hydrogens (tertiary/aromatic N) is 1. The van der Waals surface area contributed by atoms with E-state index in [2.05, 4.69) is 44.0 Å². The molecule has 0 saturated carbocycles. The van der Waals surface area contributed by atoms with E-state index in [1.54, 1.807) is 6.26 Å². The summed E-state index contributed by atoms with van der Waals surface area (Å²) in [6.45, 7) is 12.3. The third-order valence-electron chi connectivity index (χ3n) is 3.40. The van der Waals surface area contributed by atoms with Gasteiger partial charge in [0.05, 0.1) is 25.0 Å². The number of hydrogen-bond acceptors (Lipinski definition) is 4. The maximum atomic E-state index is 5.76. The van der Waals surface area contributed by atoms with E-state index >= 15 is 0 Å². The van der Waals surface area contributed by atoms with Gasteiger partial charge in [0.15, 0.2) is 0 Å². The minimum Gasteiger partial charge on any atom is -0.468 e. The highest BCUT2D eigenvalue weighted by Crippen LogP contribution is 2.17. The first-order valence-corrected chi connectivity index (χ1v) is 7.21. The van der Waals surface area contributed by atoms with E-state index in [-0.39, 0.29) is 0 Å². The third kappa shape index (κ3) is 4.34. The van der Waals surface area contributed by atoms with Crippen LogP contribution in [0.2, 0.25) is 0 Å². The van der Waals surface area contributed by atoms with Gasteiger partial charge in [-0.05, 0) is 19.9 Å². The van der Waals surface area contributed by atoms with E-state index in [4.69, 9.17) is 9.15 Å². The summed E-state index contributed by atoms with van der Waals surface area (Å²) in [7, 11) is 0. The highest BCUT2D eigenvalue weighted by atomic mass is 16.5. The maximum absolute atomic E-state index is 5.76. The van der Waals surface area contributed by atoms with Gasteiger partial charge < -0.3 is 14.5 Å². The molecule has 0 amide bonds. The largest absolute Gasteiger partial charge is 0.468 e. The van der Waals surface area contributed by atoms with Crippen LogP contribution in [-0.2, 0) is 17.8 Å². The van der Waals surface area contributed by atoms with Gasteiger partial charge in [-0.2, -0.15) is 0 Å². The topological polar surface area (TPSA) is 37.6 Å². The molecule has 0 unspecified atom stereocenters. The molecule has 1 N–H and O–H groups in total. The van der Waals surface area contributed by atoms with Crippen LogP contribution in [0.4, 0.5) is 0 Å². The first-order valence-electron chi connectivity index (χ1n) is 7.21. The van der Waals surface area contributed by atoms with Gasteiger partial charge in [0, 0.05) is 31.2 Å². The number of rotatable bonds is 5. The molecule has 4 nitrogen and oxygen atoms in total. The van der Waals surface area contributed by atoms with Crippen LogP contribution in [0.1, 0.15) is 39.0 Å². The summed E-state index contributed by atoms with van der Waals surface area (Å²) in [5.74, 6) is 1.08. The molecule has 4 heteroatoms. The molecular weight excluding hydrogens is 240 g/mol. The van der Waals surface area contributed by atoms with Crippen molar-refractivity contribution in [2.45, 2.75) is 59.0 Å². The number of furan rings is 1. The quantitative estimate of drug-likeness (QED) is 0.888. The summed E-state index contributed by atoms with van der Waals surface area (Å²) in [6, 6.07) is 2.56. The zero-order chi connectivity index (χ0) is 13.8. The Morgan fingerprint density at radius 3 is 2.63 bits per heavy atom. The Kier molecular flexibility index (Phi) is 5.02. The van der Waals surface area contributed by atoms with Crippen LogP contribution in [-0.4, -0.2) is 36.2 Å². The number of ether oxygens (including phenoxy) is 1. The molecule has 2 atom stereocenters.